The van der Waals surface area contributed by atoms with Crippen molar-refractivity contribution in [2.75, 3.05) is 14.2 Å². The lowest BCUT2D eigenvalue weighted by atomic mass is 10.1. The van der Waals surface area contributed by atoms with Crippen molar-refractivity contribution in [2.24, 2.45) is 0 Å². The molecule has 0 saturated carbocycles. The molecule has 0 unspecified atom stereocenters. The van der Waals surface area contributed by atoms with E-state index < -0.39 is 0 Å². The van der Waals surface area contributed by atoms with Gasteiger partial charge in [-0.1, -0.05) is 34.3 Å². The van der Waals surface area contributed by atoms with Crippen LogP contribution in [0.4, 0.5) is 0 Å². The van der Waals surface area contributed by atoms with Gasteiger partial charge in [0.1, 0.15) is 15.8 Å². The SMILES string of the molecule is COc1ccccc1[C@@H](C)N(C)Cc1nnsc1Cl. The van der Waals surface area contributed by atoms with Crippen LogP contribution in [-0.4, -0.2) is 28.6 Å². The Kier molecular flexibility index (Phi) is 4.74. The molecule has 0 aliphatic carbocycles. The Morgan fingerprint density at radius 1 is 1.42 bits per heavy atom. The number of hydrogen-bond donors (Lipinski definition) is 0. The molecule has 19 heavy (non-hydrogen) atoms. The quantitative estimate of drug-likeness (QED) is 0.848. The molecule has 0 radical (unpaired) electrons. The predicted molar refractivity (Wildman–Crippen MR) is 77.8 cm³/mol. The average Bonchev–Trinajstić information content (AvgIpc) is 2.83. The highest BCUT2D eigenvalue weighted by molar-refractivity contribution is 7.10. The largest absolute Gasteiger partial charge is 0.496 e. The summed E-state index contributed by atoms with van der Waals surface area (Å²) >= 11 is 7.25. The number of rotatable bonds is 5. The fourth-order valence-corrected chi connectivity index (χ4v) is 2.53. The molecule has 0 saturated heterocycles. The molecule has 0 N–H and O–H groups in total. The summed E-state index contributed by atoms with van der Waals surface area (Å²) in [6.45, 7) is 2.79. The highest BCUT2D eigenvalue weighted by Crippen LogP contribution is 2.29. The van der Waals surface area contributed by atoms with Gasteiger partial charge in [0.15, 0.2) is 0 Å². The van der Waals surface area contributed by atoms with Crippen LogP contribution in [0.5, 0.6) is 5.75 Å². The number of benzene rings is 1. The number of aromatic nitrogens is 2. The molecule has 1 atom stereocenters. The molecular formula is C13H16ClN3OS. The van der Waals surface area contributed by atoms with Crippen LogP contribution in [0.1, 0.15) is 24.2 Å². The molecule has 0 spiro atoms. The summed E-state index contributed by atoms with van der Waals surface area (Å²) in [5.74, 6) is 0.893. The van der Waals surface area contributed by atoms with Gasteiger partial charge in [-0.2, -0.15) is 0 Å². The molecule has 6 heteroatoms. The second-order valence-electron chi connectivity index (χ2n) is 4.33. The summed E-state index contributed by atoms with van der Waals surface area (Å²) in [5, 5.41) is 4.04. The Bertz CT molecular complexity index is 546. The van der Waals surface area contributed by atoms with Crippen LogP contribution in [0.3, 0.4) is 0 Å². The maximum Gasteiger partial charge on any atom is 0.138 e. The summed E-state index contributed by atoms with van der Waals surface area (Å²) in [5.41, 5.74) is 1.96. The van der Waals surface area contributed by atoms with Crippen LogP contribution in [0.15, 0.2) is 24.3 Å². The first-order chi connectivity index (χ1) is 9.13. The fourth-order valence-electron chi connectivity index (χ4n) is 1.91. The van der Waals surface area contributed by atoms with E-state index in [9.17, 15) is 0 Å². The minimum Gasteiger partial charge on any atom is -0.496 e. The van der Waals surface area contributed by atoms with Crippen LogP contribution >= 0.6 is 23.1 Å². The zero-order valence-electron chi connectivity index (χ0n) is 11.1. The van der Waals surface area contributed by atoms with E-state index in [1.54, 1.807) is 7.11 Å². The predicted octanol–water partition coefficient (Wildman–Crippen LogP) is 3.39. The van der Waals surface area contributed by atoms with E-state index in [0.29, 0.717) is 10.9 Å². The van der Waals surface area contributed by atoms with Crippen molar-refractivity contribution in [1.82, 2.24) is 14.5 Å². The molecule has 1 aromatic heterocycles. The number of hydrogen-bond acceptors (Lipinski definition) is 5. The van der Waals surface area contributed by atoms with Crippen molar-refractivity contribution in [3.63, 3.8) is 0 Å². The van der Waals surface area contributed by atoms with E-state index in [1.807, 2.05) is 25.2 Å². The average molecular weight is 298 g/mol. The number of para-hydroxylation sites is 1. The monoisotopic (exact) mass is 297 g/mol. The Morgan fingerprint density at radius 2 is 2.16 bits per heavy atom. The smallest absolute Gasteiger partial charge is 0.138 e. The van der Waals surface area contributed by atoms with Crippen LogP contribution in [-0.2, 0) is 6.54 Å². The van der Waals surface area contributed by atoms with Gasteiger partial charge in [-0.15, -0.1) is 5.10 Å². The van der Waals surface area contributed by atoms with Crippen molar-refractivity contribution in [3.8, 4) is 5.75 Å². The number of halogens is 1. The van der Waals surface area contributed by atoms with Crippen molar-refractivity contribution < 1.29 is 4.74 Å². The molecule has 2 rings (SSSR count). The topological polar surface area (TPSA) is 38.2 Å². The number of ether oxygens (including phenoxy) is 1. The van der Waals surface area contributed by atoms with Gasteiger partial charge in [-0.25, -0.2) is 0 Å². The van der Waals surface area contributed by atoms with Gasteiger partial charge >= 0.3 is 0 Å². The zero-order valence-corrected chi connectivity index (χ0v) is 12.7. The third-order valence-electron chi connectivity index (χ3n) is 3.16. The molecular weight excluding hydrogens is 282 g/mol. The normalized spacial score (nSPS) is 12.7. The third-order valence-corrected chi connectivity index (χ3v) is 4.14. The lowest BCUT2D eigenvalue weighted by molar-refractivity contribution is 0.244. The first kappa shape index (κ1) is 14.2. The van der Waals surface area contributed by atoms with Gasteiger partial charge in [0.05, 0.1) is 7.11 Å². The standard InChI is InChI=1S/C13H16ClN3OS/c1-9(10-6-4-5-7-12(10)18-3)17(2)8-11-13(14)19-16-15-11/h4-7,9H,8H2,1-3H3/t9-/m1/s1. The van der Waals surface area contributed by atoms with Crippen LogP contribution in [0, 0.1) is 0 Å². The molecule has 2 aromatic rings. The Labute approximate surface area is 122 Å². The minimum atomic E-state index is 0.203. The lowest BCUT2D eigenvalue weighted by Crippen LogP contribution is -2.22. The van der Waals surface area contributed by atoms with Gasteiger partial charge < -0.3 is 4.74 Å². The van der Waals surface area contributed by atoms with E-state index in [-0.39, 0.29) is 6.04 Å². The highest BCUT2D eigenvalue weighted by Gasteiger charge is 2.18. The molecule has 0 bridgehead atoms. The first-order valence-corrected chi connectivity index (χ1v) is 7.08. The molecule has 1 heterocycles. The Balaban J connectivity index is 2.14. The van der Waals surface area contributed by atoms with Crippen molar-refractivity contribution >= 4 is 23.1 Å². The van der Waals surface area contributed by atoms with E-state index in [1.165, 1.54) is 11.5 Å². The van der Waals surface area contributed by atoms with Gasteiger partial charge in [0.25, 0.3) is 0 Å². The summed E-state index contributed by atoms with van der Waals surface area (Å²) in [6.07, 6.45) is 0. The van der Waals surface area contributed by atoms with Gasteiger partial charge in [0.2, 0.25) is 0 Å². The first-order valence-electron chi connectivity index (χ1n) is 5.93. The molecule has 0 amide bonds. The van der Waals surface area contributed by atoms with E-state index in [2.05, 4.69) is 27.5 Å². The second-order valence-corrected chi connectivity index (χ2v) is 5.68. The molecule has 4 nitrogen and oxygen atoms in total. The lowest BCUT2D eigenvalue weighted by Gasteiger charge is -2.25. The highest BCUT2D eigenvalue weighted by atomic mass is 35.5. The Hall–Kier alpha value is -1.17. The Morgan fingerprint density at radius 3 is 2.79 bits per heavy atom. The van der Waals surface area contributed by atoms with Gasteiger partial charge in [-0.3, -0.25) is 4.90 Å². The molecule has 0 aliphatic heterocycles. The minimum absolute atomic E-state index is 0.203. The van der Waals surface area contributed by atoms with Crippen LogP contribution in [0.25, 0.3) is 0 Å². The summed E-state index contributed by atoms with van der Waals surface area (Å²) in [6, 6.07) is 8.22. The maximum absolute atomic E-state index is 6.04. The number of nitrogens with zero attached hydrogens (tertiary/aromatic N) is 3. The summed E-state index contributed by atoms with van der Waals surface area (Å²) in [4.78, 5) is 2.17. The van der Waals surface area contributed by atoms with Crippen molar-refractivity contribution in [1.29, 1.82) is 0 Å². The van der Waals surface area contributed by atoms with Crippen LogP contribution in [0.2, 0.25) is 4.34 Å². The summed E-state index contributed by atoms with van der Waals surface area (Å²) in [7, 11) is 3.72. The van der Waals surface area contributed by atoms with E-state index in [4.69, 9.17) is 16.3 Å². The molecule has 102 valence electrons. The molecule has 0 fully saturated rings. The van der Waals surface area contributed by atoms with Crippen molar-refractivity contribution in [2.45, 2.75) is 19.5 Å². The fraction of sp³-hybridized carbons (Fsp3) is 0.385. The zero-order chi connectivity index (χ0) is 13.8. The van der Waals surface area contributed by atoms with E-state index >= 15 is 0 Å². The number of methoxy groups -OCH3 is 1. The molecule has 1 aromatic carbocycles. The van der Waals surface area contributed by atoms with E-state index in [0.717, 1.165) is 17.0 Å². The molecule has 0 aliphatic rings. The van der Waals surface area contributed by atoms with Gasteiger partial charge in [0, 0.05) is 29.7 Å². The van der Waals surface area contributed by atoms with Crippen molar-refractivity contribution in [3.05, 3.63) is 39.9 Å². The summed E-state index contributed by atoms with van der Waals surface area (Å²) < 4.78 is 9.90. The third kappa shape index (κ3) is 3.23. The second kappa shape index (κ2) is 6.32. The van der Waals surface area contributed by atoms with Crippen LogP contribution < -0.4 is 4.74 Å². The maximum atomic E-state index is 6.04. The van der Waals surface area contributed by atoms with Gasteiger partial charge in [-0.05, 0) is 20.0 Å².